The van der Waals surface area contributed by atoms with E-state index in [0.29, 0.717) is 37.4 Å². The molecule has 2 atom stereocenters. The minimum atomic E-state index is -3.66. The molecule has 0 spiro atoms. The van der Waals surface area contributed by atoms with E-state index in [1.165, 1.54) is 35.6 Å². The van der Waals surface area contributed by atoms with E-state index in [1.807, 2.05) is 12.1 Å². The quantitative estimate of drug-likeness (QED) is 0.220. The van der Waals surface area contributed by atoms with Gasteiger partial charge in [0, 0.05) is 36.6 Å². The van der Waals surface area contributed by atoms with Gasteiger partial charge in [-0.1, -0.05) is 60.2 Å². The maximum atomic E-state index is 13.0. The SMILES string of the molecule is COC(=O)CCCC=C[C@@H]1C[C@@H](NS(=O)(=O)c2ccc(Cl)cc2)CN1Cc1ccc2ccccc2c1. The van der Waals surface area contributed by atoms with Gasteiger partial charge >= 0.3 is 5.97 Å². The Labute approximate surface area is 218 Å². The third-order valence-electron chi connectivity index (χ3n) is 6.43. The van der Waals surface area contributed by atoms with Gasteiger partial charge < -0.3 is 4.74 Å². The molecule has 0 saturated carbocycles. The molecule has 1 fully saturated rings. The van der Waals surface area contributed by atoms with Crippen molar-refractivity contribution in [2.45, 2.75) is 49.2 Å². The number of carbonyl (C=O) groups excluding carboxylic acids is 1. The maximum Gasteiger partial charge on any atom is 0.305 e. The molecule has 0 aromatic heterocycles. The van der Waals surface area contributed by atoms with Crippen LogP contribution in [0.4, 0.5) is 0 Å². The molecular formula is C28H31ClN2O4S. The first kappa shape index (κ1) is 26.4. The average molecular weight is 527 g/mol. The molecule has 1 saturated heterocycles. The van der Waals surface area contributed by atoms with Gasteiger partial charge in [0.05, 0.1) is 12.0 Å². The monoisotopic (exact) mass is 526 g/mol. The number of benzene rings is 3. The second-order valence-corrected chi connectivity index (χ2v) is 11.2. The van der Waals surface area contributed by atoms with Gasteiger partial charge in [-0.2, -0.15) is 0 Å². The molecule has 8 heteroatoms. The first-order valence-corrected chi connectivity index (χ1v) is 13.9. The highest BCUT2D eigenvalue weighted by molar-refractivity contribution is 7.89. The van der Waals surface area contributed by atoms with Crippen LogP contribution in [0.25, 0.3) is 10.8 Å². The Morgan fingerprint density at radius 2 is 1.86 bits per heavy atom. The number of nitrogens with one attached hydrogen (secondary N) is 1. The Morgan fingerprint density at radius 1 is 1.11 bits per heavy atom. The molecule has 0 unspecified atom stereocenters. The van der Waals surface area contributed by atoms with Crippen molar-refractivity contribution in [1.29, 1.82) is 0 Å². The summed E-state index contributed by atoms with van der Waals surface area (Å²) < 4.78 is 33.5. The zero-order valence-corrected chi connectivity index (χ0v) is 21.8. The highest BCUT2D eigenvalue weighted by Crippen LogP contribution is 2.25. The minimum Gasteiger partial charge on any atom is -0.469 e. The lowest BCUT2D eigenvalue weighted by atomic mass is 10.1. The van der Waals surface area contributed by atoms with Crippen LogP contribution in [-0.4, -0.2) is 45.0 Å². The molecule has 1 aliphatic rings. The summed E-state index contributed by atoms with van der Waals surface area (Å²) >= 11 is 5.92. The predicted octanol–water partition coefficient (Wildman–Crippen LogP) is 5.31. The number of halogens is 1. The fraction of sp³-hybridized carbons (Fsp3) is 0.321. The summed E-state index contributed by atoms with van der Waals surface area (Å²) in [6.07, 6.45) is 6.74. The largest absolute Gasteiger partial charge is 0.469 e. The van der Waals surface area contributed by atoms with Gasteiger partial charge in [-0.3, -0.25) is 9.69 Å². The van der Waals surface area contributed by atoms with E-state index in [0.717, 1.165) is 6.42 Å². The number of hydrogen-bond donors (Lipinski definition) is 1. The third-order valence-corrected chi connectivity index (χ3v) is 8.22. The van der Waals surface area contributed by atoms with Crippen LogP contribution in [0.3, 0.4) is 0 Å². The van der Waals surface area contributed by atoms with Crippen molar-refractivity contribution >= 4 is 38.4 Å². The molecular weight excluding hydrogens is 496 g/mol. The Bertz CT molecular complexity index is 1320. The van der Waals surface area contributed by atoms with Gasteiger partial charge in [0.15, 0.2) is 0 Å². The number of hydrogen-bond acceptors (Lipinski definition) is 5. The summed E-state index contributed by atoms with van der Waals surface area (Å²) in [6, 6.07) is 20.7. The number of sulfonamides is 1. The van der Waals surface area contributed by atoms with Crippen molar-refractivity contribution in [1.82, 2.24) is 9.62 Å². The van der Waals surface area contributed by atoms with Crippen molar-refractivity contribution in [2.24, 2.45) is 0 Å². The lowest BCUT2D eigenvalue weighted by Gasteiger charge is -2.22. The van der Waals surface area contributed by atoms with Crippen molar-refractivity contribution in [2.75, 3.05) is 13.7 Å². The topological polar surface area (TPSA) is 75.7 Å². The van der Waals surface area contributed by atoms with Gasteiger partial charge in [0.25, 0.3) is 0 Å². The first-order valence-electron chi connectivity index (χ1n) is 12.1. The van der Waals surface area contributed by atoms with Gasteiger partial charge in [-0.25, -0.2) is 13.1 Å². The number of carbonyl (C=O) groups is 1. The number of methoxy groups -OCH3 is 1. The van der Waals surface area contributed by atoms with Gasteiger partial charge in [0.2, 0.25) is 10.0 Å². The Kier molecular flexibility index (Phi) is 8.80. The van der Waals surface area contributed by atoms with Crippen LogP contribution in [0.15, 0.2) is 83.8 Å². The van der Waals surface area contributed by atoms with E-state index in [1.54, 1.807) is 12.1 Å². The van der Waals surface area contributed by atoms with Crippen LogP contribution in [0.5, 0.6) is 0 Å². The van der Waals surface area contributed by atoms with E-state index in [-0.39, 0.29) is 22.9 Å². The number of unbranched alkanes of at least 4 members (excludes halogenated alkanes) is 1. The molecule has 1 aliphatic heterocycles. The standard InChI is InChI=1S/C28H31ClN2O4S/c1-35-28(32)10-4-2-3-9-26-18-25(30-36(33,34)27-15-13-24(29)14-16-27)20-31(26)19-21-11-12-22-7-5-6-8-23(22)17-21/h3,5-9,11-17,25-26,30H,2,4,10,18-20H2,1H3/t25-,26-/m1/s1. The van der Waals surface area contributed by atoms with E-state index in [4.69, 9.17) is 16.3 Å². The number of nitrogens with zero attached hydrogens (tertiary/aromatic N) is 1. The van der Waals surface area contributed by atoms with E-state index in [9.17, 15) is 13.2 Å². The van der Waals surface area contributed by atoms with Crippen LogP contribution in [0, 0.1) is 0 Å². The summed E-state index contributed by atoms with van der Waals surface area (Å²) in [5.74, 6) is -0.209. The number of likely N-dealkylation sites (tertiary alicyclic amines) is 1. The van der Waals surface area contributed by atoms with Crippen molar-refractivity contribution in [3.8, 4) is 0 Å². The van der Waals surface area contributed by atoms with Crippen molar-refractivity contribution in [3.63, 3.8) is 0 Å². The van der Waals surface area contributed by atoms with Crippen molar-refractivity contribution in [3.05, 3.63) is 89.5 Å². The highest BCUT2D eigenvalue weighted by atomic mass is 35.5. The zero-order chi connectivity index (χ0) is 25.5. The van der Waals surface area contributed by atoms with Gasteiger partial charge in [-0.15, -0.1) is 0 Å². The summed E-state index contributed by atoms with van der Waals surface area (Å²) in [6.45, 7) is 1.30. The third kappa shape index (κ3) is 6.95. The molecule has 6 nitrogen and oxygen atoms in total. The van der Waals surface area contributed by atoms with Crippen LogP contribution in [0.2, 0.25) is 5.02 Å². The minimum absolute atomic E-state index is 0.0764. The lowest BCUT2D eigenvalue weighted by molar-refractivity contribution is -0.140. The Hall–Kier alpha value is -2.71. The second kappa shape index (κ2) is 12.0. The van der Waals surface area contributed by atoms with Gasteiger partial charge in [-0.05, 0) is 65.9 Å². The molecule has 1 N–H and O–H groups in total. The first-order chi connectivity index (χ1) is 17.3. The molecule has 0 bridgehead atoms. The fourth-order valence-electron chi connectivity index (χ4n) is 4.59. The smallest absolute Gasteiger partial charge is 0.305 e. The molecule has 1 heterocycles. The number of allylic oxidation sites excluding steroid dienone is 1. The van der Waals surface area contributed by atoms with E-state index >= 15 is 0 Å². The molecule has 0 aliphatic carbocycles. The van der Waals surface area contributed by atoms with Crippen LogP contribution >= 0.6 is 11.6 Å². The second-order valence-electron chi connectivity index (χ2n) is 9.08. The van der Waals surface area contributed by atoms with E-state index in [2.05, 4.69) is 52.1 Å². The van der Waals surface area contributed by atoms with Crippen LogP contribution in [-0.2, 0) is 26.1 Å². The average Bonchev–Trinajstić information content (AvgIpc) is 3.23. The Morgan fingerprint density at radius 3 is 2.61 bits per heavy atom. The molecule has 0 radical (unpaired) electrons. The number of fused-ring (bicyclic) bond motifs is 1. The summed E-state index contributed by atoms with van der Waals surface area (Å²) in [7, 11) is -2.27. The number of esters is 1. The molecule has 36 heavy (non-hydrogen) atoms. The summed E-state index contributed by atoms with van der Waals surface area (Å²) in [5.41, 5.74) is 1.18. The molecule has 190 valence electrons. The fourth-order valence-corrected chi connectivity index (χ4v) is 5.96. The summed E-state index contributed by atoms with van der Waals surface area (Å²) in [5, 5.41) is 2.87. The lowest BCUT2D eigenvalue weighted by Crippen LogP contribution is -2.37. The Balaban J connectivity index is 1.47. The molecule has 4 rings (SSSR count). The number of ether oxygens (including phenoxy) is 1. The molecule has 0 amide bonds. The van der Waals surface area contributed by atoms with Crippen LogP contribution in [0.1, 0.15) is 31.2 Å². The molecule has 3 aromatic carbocycles. The number of rotatable bonds is 10. The van der Waals surface area contributed by atoms with Gasteiger partial charge in [0.1, 0.15) is 0 Å². The maximum absolute atomic E-state index is 13.0. The zero-order valence-electron chi connectivity index (χ0n) is 20.3. The van der Waals surface area contributed by atoms with Crippen LogP contribution < -0.4 is 4.72 Å². The highest BCUT2D eigenvalue weighted by Gasteiger charge is 2.33. The predicted molar refractivity (Wildman–Crippen MR) is 143 cm³/mol. The summed E-state index contributed by atoms with van der Waals surface area (Å²) in [4.78, 5) is 13.9. The van der Waals surface area contributed by atoms with Crippen molar-refractivity contribution < 1.29 is 17.9 Å². The normalized spacial score (nSPS) is 18.7. The molecule has 3 aromatic rings. The van der Waals surface area contributed by atoms with E-state index < -0.39 is 10.0 Å².